The number of hydrogen-bond acceptors (Lipinski definition) is 3. The second-order valence-electron chi connectivity index (χ2n) is 7.04. The second kappa shape index (κ2) is 9.81. The minimum Gasteiger partial charge on any atom is -0.493 e. The molecule has 4 heteroatoms. The van der Waals surface area contributed by atoms with E-state index in [9.17, 15) is 4.79 Å². The molecule has 1 fully saturated rings. The van der Waals surface area contributed by atoms with Gasteiger partial charge in [0.15, 0.2) is 0 Å². The fourth-order valence-corrected chi connectivity index (χ4v) is 3.32. The van der Waals surface area contributed by atoms with Crippen LogP contribution in [0.25, 0.3) is 0 Å². The quantitative estimate of drug-likeness (QED) is 0.621. The van der Waals surface area contributed by atoms with Crippen molar-refractivity contribution in [1.29, 1.82) is 0 Å². The van der Waals surface area contributed by atoms with E-state index in [1.807, 2.05) is 25.1 Å². The predicted molar refractivity (Wildman–Crippen MR) is 102 cm³/mol. The molecule has 1 aliphatic rings. The molecule has 1 aromatic rings. The van der Waals surface area contributed by atoms with Gasteiger partial charge in [-0.3, -0.25) is 4.79 Å². The monoisotopic (exact) mass is 347 g/mol. The average Bonchev–Trinajstić information content (AvgIpc) is 2.62. The lowest BCUT2D eigenvalue weighted by atomic mass is 9.83. The van der Waals surface area contributed by atoms with Crippen molar-refractivity contribution in [2.45, 2.75) is 77.7 Å². The highest BCUT2D eigenvalue weighted by atomic mass is 16.5. The Morgan fingerprint density at radius 3 is 2.52 bits per heavy atom. The summed E-state index contributed by atoms with van der Waals surface area (Å²) in [5, 5.41) is 3.08. The molecule has 0 unspecified atom stereocenters. The molecule has 140 valence electrons. The molecule has 0 radical (unpaired) electrons. The van der Waals surface area contributed by atoms with Gasteiger partial charge in [0, 0.05) is 12.3 Å². The molecule has 0 atom stereocenters. The Labute approximate surface area is 152 Å². The van der Waals surface area contributed by atoms with Gasteiger partial charge in [-0.1, -0.05) is 39.5 Å². The van der Waals surface area contributed by atoms with E-state index < -0.39 is 5.60 Å². The summed E-state index contributed by atoms with van der Waals surface area (Å²) in [4.78, 5) is 12.9. The van der Waals surface area contributed by atoms with Crippen molar-refractivity contribution >= 4 is 11.6 Å². The third-order valence-corrected chi connectivity index (χ3v) is 4.85. The highest BCUT2D eigenvalue weighted by Crippen LogP contribution is 2.33. The van der Waals surface area contributed by atoms with E-state index in [0.29, 0.717) is 6.61 Å². The van der Waals surface area contributed by atoms with Crippen LogP contribution in [0.1, 0.15) is 70.8 Å². The number of hydrogen-bond donors (Lipinski definition) is 1. The van der Waals surface area contributed by atoms with Gasteiger partial charge in [0.05, 0.1) is 6.61 Å². The fourth-order valence-electron chi connectivity index (χ4n) is 3.32. The number of amides is 1. The number of carbonyl (C=O) groups is 1. The molecular formula is C21H33NO3. The van der Waals surface area contributed by atoms with Gasteiger partial charge in [0.1, 0.15) is 11.4 Å². The first-order chi connectivity index (χ1) is 12.1. The van der Waals surface area contributed by atoms with Gasteiger partial charge < -0.3 is 14.8 Å². The lowest BCUT2D eigenvalue weighted by Crippen LogP contribution is -2.47. The summed E-state index contributed by atoms with van der Waals surface area (Å²) in [6.45, 7) is 7.61. The van der Waals surface area contributed by atoms with Crippen LogP contribution in [0.3, 0.4) is 0 Å². The molecule has 0 aliphatic heterocycles. The summed E-state index contributed by atoms with van der Waals surface area (Å²) in [7, 11) is 0. The number of rotatable bonds is 9. The third kappa shape index (κ3) is 5.46. The normalized spacial score (nSPS) is 16.4. The van der Waals surface area contributed by atoms with Gasteiger partial charge in [0.25, 0.3) is 5.91 Å². The van der Waals surface area contributed by atoms with Crippen LogP contribution in [0.15, 0.2) is 18.2 Å². The SMILES string of the molecule is CCCCOc1ccc(NC(=O)C2(OCCC)CCCCC2)cc1C. The molecule has 1 saturated carbocycles. The van der Waals surface area contributed by atoms with Crippen molar-refractivity contribution in [1.82, 2.24) is 0 Å². The zero-order valence-electron chi connectivity index (χ0n) is 16.0. The summed E-state index contributed by atoms with van der Waals surface area (Å²) >= 11 is 0. The zero-order valence-corrected chi connectivity index (χ0v) is 16.0. The maximum Gasteiger partial charge on any atom is 0.256 e. The summed E-state index contributed by atoms with van der Waals surface area (Å²) in [5.41, 5.74) is 1.20. The van der Waals surface area contributed by atoms with E-state index >= 15 is 0 Å². The van der Waals surface area contributed by atoms with Gasteiger partial charge in [-0.2, -0.15) is 0 Å². The van der Waals surface area contributed by atoms with E-state index in [1.54, 1.807) is 0 Å². The minimum absolute atomic E-state index is 0.000277. The molecule has 25 heavy (non-hydrogen) atoms. The largest absolute Gasteiger partial charge is 0.493 e. The van der Waals surface area contributed by atoms with E-state index in [1.165, 1.54) is 6.42 Å². The Morgan fingerprint density at radius 2 is 1.88 bits per heavy atom. The van der Waals surface area contributed by atoms with Crippen molar-refractivity contribution < 1.29 is 14.3 Å². The first kappa shape index (κ1) is 19.8. The van der Waals surface area contributed by atoms with Crippen molar-refractivity contribution in [3.05, 3.63) is 23.8 Å². The van der Waals surface area contributed by atoms with Crippen LogP contribution in [-0.2, 0) is 9.53 Å². The minimum atomic E-state index is -0.654. The highest BCUT2D eigenvalue weighted by molar-refractivity contribution is 5.97. The summed E-state index contributed by atoms with van der Waals surface area (Å²) in [6, 6.07) is 5.85. The standard InChI is InChI=1S/C21H33NO3/c1-4-6-15-24-19-11-10-18(16-17(19)3)22-20(23)21(25-14-5-2)12-8-7-9-13-21/h10-11,16H,4-9,12-15H2,1-3H3,(H,22,23). The molecule has 0 saturated heterocycles. The molecule has 4 nitrogen and oxygen atoms in total. The Morgan fingerprint density at radius 1 is 1.12 bits per heavy atom. The Kier molecular flexibility index (Phi) is 7.76. The lowest BCUT2D eigenvalue weighted by molar-refractivity contribution is -0.146. The van der Waals surface area contributed by atoms with Gasteiger partial charge in [-0.05, 0) is 56.4 Å². The first-order valence-corrected chi connectivity index (χ1v) is 9.80. The van der Waals surface area contributed by atoms with E-state index in [-0.39, 0.29) is 5.91 Å². The van der Waals surface area contributed by atoms with E-state index in [4.69, 9.17) is 9.47 Å². The van der Waals surface area contributed by atoms with Crippen LogP contribution in [0, 0.1) is 6.92 Å². The second-order valence-corrected chi connectivity index (χ2v) is 7.04. The topological polar surface area (TPSA) is 47.6 Å². The van der Waals surface area contributed by atoms with Crippen molar-refractivity contribution in [2.24, 2.45) is 0 Å². The molecule has 0 heterocycles. The number of carbonyl (C=O) groups excluding carboxylic acids is 1. The summed E-state index contributed by atoms with van der Waals surface area (Å²) in [5.74, 6) is 0.890. The fraction of sp³-hybridized carbons (Fsp3) is 0.667. The van der Waals surface area contributed by atoms with Crippen LogP contribution < -0.4 is 10.1 Å². The molecule has 1 N–H and O–H groups in total. The number of aryl methyl sites for hydroxylation is 1. The lowest BCUT2D eigenvalue weighted by Gasteiger charge is -2.35. The van der Waals surface area contributed by atoms with Crippen molar-refractivity contribution in [3.63, 3.8) is 0 Å². The van der Waals surface area contributed by atoms with E-state index in [0.717, 1.165) is 68.6 Å². The molecular weight excluding hydrogens is 314 g/mol. The summed E-state index contributed by atoms with van der Waals surface area (Å²) in [6.07, 6.45) is 8.03. The molecule has 1 aliphatic carbocycles. The molecule has 0 aromatic heterocycles. The van der Waals surface area contributed by atoms with Crippen LogP contribution >= 0.6 is 0 Å². The maximum atomic E-state index is 12.9. The number of unbranched alkanes of at least 4 members (excludes halogenated alkanes) is 1. The number of ether oxygens (including phenoxy) is 2. The van der Waals surface area contributed by atoms with Crippen LogP contribution in [0.2, 0.25) is 0 Å². The summed E-state index contributed by atoms with van der Waals surface area (Å²) < 4.78 is 11.8. The smallest absolute Gasteiger partial charge is 0.256 e. The van der Waals surface area contributed by atoms with E-state index in [2.05, 4.69) is 19.2 Å². The van der Waals surface area contributed by atoms with Crippen LogP contribution in [0.4, 0.5) is 5.69 Å². The molecule has 2 rings (SSSR count). The predicted octanol–water partition coefficient (Wildman–Crippen LogP) is 5.24. The first-order valence-electron chi connectivity index (χ1n) is 9.80. The Bertz CT molecular complexity index is 550. The highest BCUT2D eigenvalue weighted by Gasteiger charge is 2.40. The van der Waals surface area contributed by atoms with Crippen LogP contribution in [-0.4, -0.2) is 24.7 Å². The number of nitrogens with one attached hydrogen (secondary N) is 1. The third-order valence-electron chi connectivity index (χ3n) is 4.85. The van der Waals surface area contributed by atoms with Gasteiger partial charge >= 0.3 is 0 Å². The molecule has 0 spiro atoms. The van der Waals surface area contributed by atoms with Gasteiger partial charge in [0.2, 0.25) is 0 Å². The molecule has 0 bridgehead atoms. The molecule has 1 amide bonds. The van der Waals surface area contributed by atoms with Crippen molar-refractivity contribution in [2.75, 3.05) is 18.5 Å². The average molecular weight is 347 g/mol. The maximum absolute atomic E-state index is 12.9. The van der Waals surface area contributed by atoms with Gasteiger partial charge in [-0.25, -0.2) is 0 Å². The van der Waals surface area contributed by atoms with Crippen molar-refractivity contribution in [3.8, 4) is 5.75 Å². The number of anilines is 1. The zero-order chi connectivity index (χ0) is 18.1. The van der Waals surface area contributed by atoms with Crippen LogP contribution in [0.5, 0.6) is 5.75 Å². The van der Waals surface area contributed by atoms with Gasteiger partial charge in [-0.15, -0.1) is 0 Å². The molecule has 1 aromatic carbocycles. The Balaban J connectivity index is 2.03. The Hall–Kier alpha value is -1.55. The number of benzene rings is 1.